The molecule has 1 aliphatic carbocycles. The van der Waals surface area contributed by atoms with Gasteiger partial charge in [-0.05, 0) is 44.7 Å². The molecule has 1 saturated carbocycles. The van der Waals surface area contributed by atoms with Gasteiger partial charge in [0.2, 0.25) is 5.91 Å². The number of hydrogen-bond acceptors (Lipinski definition) is 5. The van der Waals surface area contributed by atoms with Crippen LogP contribution in [0, 0.1) is 0 Å². The van der Waals surface area contributed by atoms with Crippen molar-refractivity contribution in [3.8, 4) is 5.75 Å². The van der Waals surface area contributed by atoms with E-state index in [4.69, 9.17) is 9.47 Å². The van der Waals surface area contributed by atoms with E-state index in [0.29, 0.717) is 24.3 Å². The molecule has 1 aromatic rings. The normalized spacial score (nSPS) is 24.4. The van der Waals surface area contributed by atoms with E-state index in [0.717, 1.165) is 19.3 Å². The fourth-order valence-electron chi connectivity index (χ4n) is 3.89. The standard InChI is InChI=1S/C19H26N2O5/c1-18(24)19(10-4-3-5-11-19)26-17(23)21(18)12-9-16(22)20-14-7-6-8-15(13-14)25-2/h6-8,13,24H,3-5,9-12H2,1-2H3,(H,20,22). The highest BCUT2D eigenvalue weighted by Crippen LogP contribution is 2.46. The molecule has 7 nitrogen and oxygen atoms in total. The number of anilines is 1. The number of nitrogens with one attached hydrogen (secondary N) is 1. The van der Waals surface area contributed by atoms with Crippen LogP contribution in [0.25, 0.3) is 0 Å². The van der Waals surface area contributed by atoms with Crippen LogP contribution >= 0.6 is 0 Å². The third-order valence-corrected chi connectivity index (χ3v) is 5.47. The smallest absolute Gasteiger partial charge is 0.412 e. The molecule has 1 heterocycles. The Balaban J connectivity index is 1.61. The number of nitrogens with zero attached hydrogens (tertiary/aromatic N) is 1. The average Bonchev–Trinajstić information content (AvgIpc) is 2.79. The van der Waals surface area contributed by atoms with E-state index in [2.05, 4.69) is 5.32 Å². The zero-order valence-corrected chi connectivity index (χ0v) is 15.3. The summed E-state index contributed by atoms with van der Waals surface area (Å²) in [5, 5.41) is 13.8. The van der Waals surface area contributed by atoms with E-state index in [1.165, 1.54) is 4.90 Å². The van der Waals surface area contributed by atoms with Crippen molar-refractivity contribution < 1.29 is 24.2 Å². The van der Waals surface area contributed by atoms with Crippen LogP contribution in [0.15, 0.2) is 24.3 Å². The van der Waals surface area contributed by atoms with Gasteiger partial charge in [-0.15, -0.1) is 0 Å². The van der Waals surface area contributed by atoms with E-state index in [1.807, 2.05) is 0 Å². The van der Waals surface area contributed by atoms with Crippen molar-refractivity contribution in [1.82, 2.24) is 4.90 Å². The van der Waals surface area contributed by atoms with Crippen LogP contribution in [0.5, 0.6) is 5.75 Å². The predicted molar refractivity (Wildman–Crippen MR) is 95.9 cm³/mol. The van der Waals surface area contributed by atoms with Gasteiger partial charge in [-0.2, -0.15) is 0 Å². The molecule has 2 N–H and O–H groups in total. The van der Waals surface area contributed by atoms with Gasteiger partial charge in [0.25, 0.3) is 0 Å². The van der Waals surface area contributed by atoms with Crippen LogP contribution in [0.4, 0.5) is 10.5 Å². The Morgan fingerprint density at radius 2 is 2.08 bits per heavy atom. The molecule has 7 heteroatoms. The van der Waals surface area contributed by atoms with E-state index >= 15 is 0 Å². The molecule has 3 rings (SSSR count). The fourth-order valence-corrected chi connectivity index (χ4v) is 3.89. The summed E-state index contributed by atoms with van der Waals surface area (Å²) in [7, 11) is 1.56. The second kappa shape index (κ2) is 7.15. The molecule has 1 spiro atoms. The number of rotatable bonds is 5. The summed E-state index contributed by atoms with van der Waals surface area (Å²) in [6, 6.07) is 7.05. The van der Waals surface area contributed by atoms with Gasteiger partial charge in [0.05, 0.1) is 7.11 Å². The molecule has 26 heavy (non-hydrogen) atoms. The number of carbonyl (C=O) groups is 2. The number of benzene rings is 1. The minimum atomic E-state index is -1.40. The second-order valence-electron chi connectivity index (χ2n) is 7.13. The van der Waals surface area contributed by atoms with E-state index in [9.17, 15) is 14.7 Å². The molecule has 0 aromatic heterocycles. The van der Waals surface area contributed by atoms with Crippen LogP contribution in [0.3, 0.4) is 0 Å². The Hall–Kier alpha value is -2.28. The topological polar surface area (TPSA) is 88.1 Å². The minimum Gasteiger partial charge on any atom is -0.497 e. The highest BCUT2D eigenvalue weighted by molar-refractivity contribution is 5.91. The minimum absolute atomic E-state index is 0.0680. The Morgan fingerprint density at radius 3 is 2.77 bits per heavy atom. The Labute approximate surface area is 153 Å². The molecule has 1 saturated heterocycles. The monoisotopic (exact) mass is 362 g/mol. The van der Waals surface area contributed by atoms with Crippen molar-refractivity contribution in [2.45, 2.75) is 56.8 Å². The maximum Gasteiger partial charge on any atom is 0.412 e. The number of aliphatic hydroxyl groups is 1. The summed E-state index contributed by atoms with van der Waals surface area (Å²) >= 11 is 0. The molecule has 142 valence electrons. The average molecular weight is 362 g/mol. The third kappa shape index (κ3) is 3.35. The Kier molecular flexibility index (Phi) is 5.09. The first-order valence-corrected chi connectivity index (χ1v) is 9.05. The lowest BCUT2D eigenvalue weighted by Crippen LogP contribution is -2.57. The van der Waals surface area contributed by atoms with Crippen molar-refractivity contribution in [3.63, 3.8) is 0 Å². The lowest BCUT2D eigenvalue weighted by atomic mass is 9.77. The van der Waals surface area contributed by atoms with Crippen LogP contribution in [0.2, 0.25) is 0 Å². The molecular weight excluding hydrogens is 336 g/mol. The summed E-state index contributed by atoms with van der Waals surface area (Å²) in [5.74, 6) is 0.402. The lowest BCUT2D eigenvalue weighted by molar-refractivity contribution is -0.159. The first kappa shape index (κ1) is 18.5. The van der Waals surface area contributed by atoms with Crippen molar-refractivity contribution in [3.05, 3.63) is 24.3 Å². The maximum atomic E-state index is 12.3. The molecule has 1 atom stereocenters. The number of amides is 2. The highest BCUT2D eigenvalue weighted by atomic mass is 16.6. The molecule has 2 fully saturated rings. The first-order valence-electron chi connectivity index (χ1n) is 9.05. The van der Waals surface area contributed by atoms with Gasteiger partial charge < -0.3 is 19.9 Å². The highest BCUT2D eigenvalue weighted by Gasteiger charge is 2.61. The molecule has 1 aromatic carbocycles. The van der Waals surface area contributed by atoms with E-state index < -0.39 is 17.4 Å². The molecular formula is C19H26N2O5. The second-order valence-corrected chi connectivity index (χ2v) is 7.13. The Morgan fingerprint density at radius 1 is 1.35 bits per heavy atom. The van der Waals surface area contributed by atoms with Gasteiger partial charge in [0.1, 0.15) is 5.75 Å². The quantitative estimate of drug-likeness (QED) is 0.841. The fraction of sp³-hybridized carbons (Fsp3) is 0.579. The van der Waals surface area contributed by atoms with Crippen molar-refractivity contribution in [2.75, 3.05) is 19.0 Å². The molecule has 0 radical (unpaired) electrons. The number of ether oxygens (including phenoxy) is 2. The zero-order valence-electron chi connectivity index (χ0n) is 15.3. The van der Waals surface area contributed by atoms with Gasteiger partial charge in [-0.25, -0.2) is 4.79 Å². The van der Waals surface area contributed by atoms with Crippen molar-refractivity contribution >= 4 is 17.7 Å². The molecule has 1 unspecified atom stereocenters. The first-order chi connectivity index (χ1) is 12.4. The molecule has 0 bridgehead atoms. The summed E-state index contributed by atoms with van der Waals surface area (Å²) in [4.78, 5) is 25.8. The third-order valence-electron chi connectivity index (χ3n) is 5.47. The summed E-state index contributed by atoms with van der Waals surface area (Å²) in [5.41, 5.74) is -1.64. The van der Waals surface area contributed by atoms with Gasteiger partial charge >= 0.3 is 6.09 Å². The number of hydrogen-bond donors (Lipinski definition) is 2. The van der Waals surface area contributed by atoms with Crippen LogP contribution < -0.4 is 10.1 Å². The van der Waals surface area contributed by atoms with Gasteiger partial charge in [-0.3, -0.25) is 9.69 Å². The van der Waals surface area contributed by atoms with Crippen molar-refractivity contribution in [1.29, 1.82) is 0 Å². The largest absolute Gasteiger partial charge is 0.497 e. The predicted octanol–water partition coefficient (Wildman–Crippen LogP) is 2.89. The number of methoxy groups -OCH3 is 1. The van der Waals surface area contributed by atoms with Crippen LogP contribution in [0.1, 0.15) is 45.4 Å². The maximum absolute atomic E-state index is 12.3. The van der Waals surface area contributed by atoms with Gasteiger partial charge in [0.15, 0.2) is 11.3 Å². The molecule has 2 aliphatic rings. The number of carbonyl (C=O) groups excluding carboxylic acids is 2. The lowest BCUT2D eigenvalue weighted by Gasteiger charge is -2.42. The van der Waals surface area contributed by atoms with Crippen LogP contribution in [-0.2, 0) is 9.53 Å². The molecule has 1 aliphatic heterocycles. The van der Waals surface area contributed by atoms with Gasteiger partial charge in [0, 0.05) is 24.7 Å². The SMILES string of the molecule is COc1cccc(NC(=O)CCN2C(=O)OC3(CCCCC3)C2(C)O)c1. The summed E-state index contributed by atoms with van der Waals surface area (Å²) in [6.45, 7) is 1.71. The zero-order chi connectivity index (χ0) is 18.8. The molecule has 2 amide bonds. The van der Waals surface area contributed by atoms with E-state index in [-0.39, 0.29) is 18.9 Å². The summed E-state index contributed by atoms with van der Waals surface area (Å²) in [6.07, 6.45) is 3.75. The van der Waals surface area contributed by atoms with Crippen molar-refractivity contribution in [2.24, 2.45) is 0 Å². The van der Waals surface area contributed by atoms with Gasteiger partial charge in [-0.1, -0.05) is 12.5 Å². The van der Waals surface area contributed by atoms with E-state index in [1.54, 1.807) is 38.3 Å². The summed E-state index contributed by atoms with van der Waals surface area (Å²) < 4.78 is 10.7. The van der Waals surface area contributed by atoms with Crippen LogP contribution in [-0.4, -0.2) is 47.0 Å². The Bertz CT molecular complexity index is 682.